The summed E-state index contributed by atoms with van der Waals surface area (Å²) in [6.07, 6.45) is 3.02. The molecule has 0 saturated carbocycles. The van der Waals surface area contributed by atoms with Crippen LogP contribution in [0.4, 0.5) is 0 Å². The van der Waals surface area contributed by atoms with Gasteiger partial charge in [0.1, 0.15) is 0 Å². The zero-order chi connectivity index (χ0) is 7.68. The van der Waals surface area contributed by atoms with Crippen molar-refractivity contribution in [2.75, 3.05) is 13.1 Å². The summed E-state index contributed by atoms with van der Waals surface area (Å²) in [5.74, 6) is 0.861. The summed E-state index contributed by atoms with van der Waals surface area (Å²) in [6.45, 7) is 2.14. The average molecular weight is 154 g/mol. The van der Waals surface area contributed by atoms with Gasteiger partial charge in [0.2, 0.25) is 5.91 Å². The maximum Gasteiger partial charge on any atom is 0.220 e. The second-order valence-electron chi connectivity index (χ2n) is 3.47. The van der Waals surface area contributed by atoms with E-state index in [-0.39, 0.29) is 5.91 Å². The molecule has 0 radical (unpaired) electrons. The molecule has 0 bridgehead atoms. The topological polar surface area (TPSA) is 41.1 Å². The number of nitrogens with one attached hydrogen (secondary N) is 2. The summed E-state index contributed by atoms with van der Waals surface area (Å²) in [5, 5.41) is 6.36. The summed E-state index contributed by atoms with van der Waals surface area (Å²) in [4.78, 5) is 11.0. The minimum absolute atomic E-state index is 0.252. The average Bonchev–Trinajstić information content (AvgIpc) is 2.17. The van der Waals surface area contributed by atoms with Crippen LogP contribution < -0.4 is 10.6 Å². The van der Waals surface area contributed by atoms with Gasteiger partial charge >= 0.3 is 0 Å². The lowest BCUT2D eigenvalue weighted by Crippen LogP contribution is -2.29. The molecule has 0 spiro atoms. The van der Waals surface area contributed by atoms with E-state index >= 15 is 0 Å². The lowest BCUT2D eigenvalue weighted by Gasteiger charge is -2.13. The molecule has 2 aliphatic heterocycles. The van der Waals surface area contributed by atoms with E-state index in [2.05, 4.69) is 10.6 Å². The number of rotatable bonds is 0. The number of hydrogen-bond donors (Lipinski definition) is 2. The zero-order valence-electron chi connectivity index (χ0n) is 6.60. The molecule has 2 aliphatic rings. The first-order valence-electron chi connectivity index (χ1n) is 4.36. The van der Waals surface area contributed by atoms with Crippen LogP contribution in [0.25, 0.3) is 0 Å². The molecule has 0 aliphatic carbocycles. The van der Waals surface area contributed by atoms with E-state index in [1.165, 1.54) is 0 Å². The highest BCUT2D eigenvalue weighted by Crippen LogP contribution is 2.23. The molecular formula is C8H14N2O. The molecule has 2 rings (SSSR count). The normalized spacial score (nSPS) is 37.6. The van der Waals surface area contributed by atoms with E-state index < -0.39 is 0 Å². The second-order valence-corrected chi connectivity index (χ2v) is 3.47. The molecular weight excluding hydrogens is 140 g/mol. The van der Waals surface area contributed by atoms with Crippen LogP contribution in [0.15, 0.2) is 0 Å². The van der Waals surface area contributed by atoms with Crippen LogP contribution in [0.2, 0.25) is 0 Å². The fraction of sp³-hybridized carbons (Fsp3) is 0.875. The largest absolute Gasteiger partial charge is 0.353 e. The summed E-state index contributed by atoms with van der Waals surface area (Å²) in [6, 6.07) is 0.470. The van der Waals surface area contributed by atoms with Gasteiger partial charge in [-0.2, -0.15) is 0 Å². The second kappa shape index (κ2) is 2.81. The van der Waals surface area contributed by atoms with Crippen LogP contribution in [0, 0.1) is 5.92 Å². The molecule has 0 aromatic carbocycles. The molecule has 2 heterocycles. The van der Waals surface area contributed by atoms with Crippen LogP contribution in [-0.4, -0.2) is 25.0 Å². The van der Waals surface area contributed by atoms with Crippen molar-refractivity contribution >= 4 is 5.91 Å². The predicted octanol–water partition coefficient (Wildman–Crippen LogP) is -0.126. The maximum atomic E-state index is 11.0. The molecule has 0 aromatic heterocycles. The van der Waals surface area contributed by atoms with Gasteiger partial charge in [-0.25, -0.2) is 0 Å². The first-order valence-corrected chi connectivity index (χ1v) is 4.36. The number of hydrogen-bond acceptors (Lipinski definition) is 2. The molecule has 11 heavy (non-hydrogen) atoms. The fourth-order valence-electron chi connectivity index (χ4n) is 2.05. The van der Waals surface area contributed by atoms with Crippen molar-refractivity contribution in [2.24, 2.45) is 5.92 Å². The molecule has 62 valence electrons. The molecule has 3 heteroatoms. The van der Waals surface area contributed by atoms with E-state index in [0.29, 0.717) is 12.0 Å². The maximum absolute atomic E-state index is 11.0. The lowest BCUT2D eigenvalue weighted by molar-refractivity contribution is -0.119. The molecule has 2 N–H and O–H groups in total. The van der Waals surface area contributed by atoms with E-state index in [0.717, 1.165) is 32.4 Å². The van der Waals surface area contributed by atoms with Gasteiger partial charge in [0.15, 0.2) is 0 Å². The monoisotopic (exact) mass is 154 g/mol. The predicted molar refractivity (Wildman–Crippen MR) is 42.1 cm³/mol. The minimum atomic E-state index is 0.252. The quantitative estimate of drug-likeness (QED) is 0.510. The van der Waals surface area contributed by atoms with Crippen LogP contribution in [0.5, 0.6) is 0 Å². The smallest absolute Gasteiger partial charge is 0.220 e. The molecule has 1 amide bonds. The molecule has 0 unspecified atom stereocenters. The number of carbonyl (C=O) groups excluding carboxylic acids is 1. The van der Waals surface area contributed by atoms with Gasteiger partial charge in [0.05, 0.1) is 0 Å². The Bertz CT molecular complexity index is 153. The first kappa shape index (κ1) is 7.10. The van der Waals surface area contributed by atoms with Crippen LogP contribution in [0.1, 0.15) is 19.3 Å². The van der Waals surface area contributed by atoms with Gasteiger partial charge in [-0.15, -0.1) is 0 Å². The highest BCUT2D eigenvalue weighted by atomic mass is 16.2. The Morgan fingerprint density at radius 2 is 2.09 bits per heavy atom. The van der Waals surface area contributed by atoms with Crippen LogP contribution >= 0.6 is 0 Å². The SMILES string of the molecule is O=C1C[C@@H]2CCNCC[C@H]2N1. The lowest BCUT2D eigenvalue weighted by atomic mass is 9.96. The fourth-order valence-corrected chi connectivity index (χ4v) is 2.05. The van der Waals surface area contributed by atoms with E-state index in [4.69, 9.17) is 0 Å². The summed E-state index contributed by atoms with van der Waals surface area (Å²) in [5.41, 5.74) is 0. The Kier molecular flexibility index (Phi) is 1.82. The first-order chi connectivity index (χ1) is 5.36. The Balaban J connectivity index is 2.01. The zero-order valence-corrected chi connectivity index (χ0v) is 6.60. The van der Waals surface area contributed by atoms with Crippen molar-refractivity contribution in [3.05, 3.63) is 0 Å². The highest BCUT2D eigenvalue weighted by molar-refractivity contribution is 5.79. The molecule has 0 aromatic rings. The molecule has 3 nitrogen and oxygen atoms in total. The van der Waals surface area contributed by atoms with Crippen molar-refractivity contribution in [1.82, 2.24) is 10.6 Å². The summed E-state index contributed by atoms with van der Waals surface area (Å²) < 4.78 is 0. The van der Waals surface area contributed by atoms with E-state index in [1.807, 2.05) is 0 Å². The Morgan fingerprint density at radius 3 is 3.00 bits per heavy atom. The van der Waals surface area contributed by atoms with Gasteiger partial charge in [0.25, 0.3) is 0 Å². The third-order valence-corrected chi connectivity index (χ3v) is 2.69. The third-order valence-electron chi connectivity index (χ3n) is 2.69. The van der Waals surface area contributed by atoms with Crippen molar-refractivity contribution in [2.45, 2.75) is 25.3 Å². The van der Waals surface area contributed by atoms with E-state index in [1.54, 1.807) is 0 Å². The van der Waals surface area contributed by atoms with Gasteiger partial charge in [-0.3, -0.25) is 4.79 Å². The van der Waals surface area contributed by atoms with Gasteiger partial charge < -0.3 is 10.6 Å². The molecule has 2 saturated heterocycles. The highest BCUT2D eigenvalue weighted by Gasteiger charge is 2.32. The minimum Gasteiger partial charge on any atom is -0.353 e. The van der Waals surface area contributed by atoms with Crippen LogP contribution in [0.3, 0.4) is 0 Å². The van der Waals surface area contributed by atoms with Crippen molar-refractivity contribution in [1.29, 1.82) is 0 Å². The number of amides is 1. The van der Waals surface area contributed by atoms with Gasteiger partial charge in [-0.1, -0.05) is 0 Å². The van der Waals surface area contributed by atoms with Crippen LogP contribution in [-0.2, 0) is 4.79 Å². The molecule has 2 atom stereocenters. The Morgan fingerprint density at radius 1 is 1.27 bits per heavy atom. The molecule has 2 fully saturated rings. The number of carbonyl (C=O) groups is 1. The summed E-state index contributed by atoms with van der Waals surface area (Å²) in [7, 11) is 0. The Hall–Kier alpha value is -0.570. The van der Waals surface area contributed by atoms with Gasteiger partial charge in [-0.05, 0) is 31.8 Å². The standard InChI is InChI=1S/C8H14N2O/c11-8-5-6-1-3-9-4-2-7(6)10-8/h6-7,9H,1-5H2,(H,10,11)/t6-,7+/m0/s1. The van der Waals surface area contributed by atoms with Crippen molar-refractivity contribution in [3.63, 3.8) is 0 Å². The van der Waals surface area contributed by atoms with Gasteiger partial charge in [0, 0.05) is 12.5 Å². The summed E-state index contributed by atoms with van der Waals surface area (Å²) >= 11 is 0. The van der Waals surface area contributed by atoms with Crippen molar-refractivity contribution < 1.29 is 4.79 Å². The van der Waals surface area contributed by atoms with Crippen molar-refractivity contribution in [3.8, 4) is 0 Å². The third kappa shape index (κ3) is 1.38. The Labute approximate surface area is 66.5 Å². The van der Waals surface area contributed by atoms with E-state index in [9.17, 15) is 4.79 Å². The number of fused-ring (bicyclic) bond motifs is 1.